The van der Waals surface area contributed by atoms with Crippen LogP contribution < -0.4 is 4.72 Å². The van der Waals surface area contributed by atoms with E-state index in [1.54, 1.807) is 26.0 Å². The van der Waals surface area contributed by atoms with Crippen LogP contribution in [0, 0.1) is 5.95 Å². The Morgan fingerprint density at radius 1 is 1.35 bits per heavy atom. The lowest BCUT2D eigenvalue weighted by atomic mass is 10.1. The molecule has 0 aliphatic carbocycles. The minimum absolute atomic E-state index is 0.273. The van der Waals surface area contributed by atoms with Crippen molar-refractivity contribution in [1.82, 2.24) is 14.5 Å². The van der Waals surface area contributed by atoms with Gasteiger partial charge in [-0.1, -0.05) is 30.3 Å². The number of hydrogen-bond donors (Lipinski definition) is 1. The summed E-state index contributed by atoms with van der Waals surface area (Å²) < 4.78 is 41.6. The van der Waals surface area contributed by atoms with E-state index in [0.717, 1.165) is 16.4 Å². The molecule has 1 heterocycles. The van der Waals surface area contributed by atoms with E-state index < -0.39 is 26.9 Å². The molecule has 0 spiro atoms. The van der Waals surface area contributed by atoms with Crippen LogP contribution in [0.3, 0.4) is 0 Å². The maximum Gasteiger partial charge on any atom is 0.247 e. The molecule has 0 fully saturated rings. The number of nitrogens with zero attached hydrogens (tertiary/aromatic N) is 2. The summed E-state index contributed by atoms with van der Waals surface area (Å²) in [5, 5.41) is 3.70. The Balaban J connectivity index is 2.25. The molecule has 0 radical (unpaired) electrons. The number of hydrogen-bond acceptors (Lipinski definition) is 3. The number of rotatable bonds is 5. The SMILES string of the molecule is CCn1ncc(S(=O)(=O)N[C@H](C)c2ccccc2)c1F. The van der Waals surface area contributed by atoms with Gasteiger partial charge in [-0.05, 0) is 19.4 Å². The van der Waals surface area contributed by atoms with Crippen LogP contribution in [0.15, 0.2) is 41.4 Å². The number of nitrogens with one attached hydrogen (secondary N) is 1. The first kappa shape index (κ1) is 14.7. The van der Waals surface area contributed by atoms with Gasteiger partial charge in [0, 0.05) is 12.6 Å². The van der Waals surface area contributed by atoms with Gasteiger partial charge in [-0.3, -0.25) is 0 Å². The summed E-state index contributed by atoms with van der Waals surface area (Å²) >= 11 is 0. The summed E-state index contributed by atoms with van der Waals surface area (Å²) in [4.78, 5) is -0.429. The van der Waals surface area contributed by atoms with Crippen LogP contribution in [-0.4, -0.2) is 18.2 Å². The molecule has 0 saturated heterocycles. The molecule has 0 unspecified atom stereocenters. The van der Waals surface area contributed by atoms with Crippen molar-refractivity contribution in [3.8, 4) is 0 Å². The van der Waals surface area contributed by atoms with Crippen LogP contribution in [0.5, 0.6) is 0 Å². The monoisotopic (exact) mass is 297 g/mol. The summed E-state index contributed by atoms with van der Waals surface area (Å²) in [6.45, 7) is 3.66. The second-order valence-corrected chi connectivity index (χ2v) is 6.05. The third-order valence-corrected chi connectivity index (χ3v) is 4.48. The van der Waals surface area contributed by atoms with Crippen LogP contribution in [0.25, 0.3) is 0 Å². The Hall–Kier alpha value is -1.73. The van der Waals surface area contributed by atoms with Gasteiger partial charge in [0.1, 0.15) is 0 Å². The zero-order valence-corrected chi connectivity index (χ0v) is 12.1. The molecule has 108 valence electrons. The first-order chi connectivity index (χ1) is 9.45. The van der Waals surface area contributed by atoms with Crippen molar-refractivity contribution in [3.05, 3.63) is 48.0 Å². The maximum atomic E-state index is 13.9. The van der Waals surface area contributed by atoms with Crippen molar-refractivity contribution in [1.29, 1.82) is 0 Å². The molecule has 1 aromatic carbocycles. The Morgan fingerprint density at radius 3 is 2.55 bits per heavy atom. The molecular weight excluding hydrogens is 281 g/mol. The molecule has 2 rings (SSSR count). The molecule has 0 bridgehead atoms. The van der Waals surface area contributed by atoms with Gasteiger partial charge in [0.2, 0.25) is 16.0 Å². The van der Waals surface area contributed by atoms with Gasteiger partial charge in [0.15, 0.2) is 4.90 Å². The van der Waals surface area contributed by atoms with Gasteiger partial charge in [-0.2, -0.15) is 9.49 Å². The molecular formula is C13H16FN3O2S. The zero-order valence-electron chi connectivity index (χ0n) is 11.2. The lowest BCUT2D eigenvalue weighted by molar-refractivity contribution is 0.453. The fourth-order valence-electron chi connectivity index (χ4n) is 1.86. The number of halogens is 1. The molecule has 1 atom stereocenters. The third kappa shape index (κ3) is 2.88. The highest BCUT2D eigenvalue weighted by Crippen LogP contribution is 2.18. The predicted molar refractivity (Wildman–Crippen MR) is 73.0 cm³/mol. The van der Waals surface area contributed by atoms with E-state index in [-0.39, 0.29) is 6.54 Å². The van der Waals surface area contributed by atoms with Crippen molar-refractivity contribution < 1.29 is 12.8 Å². The Labute approximate surface area is 117 Å². The van der Waals surface area contributed by atoms with Crippen molar-refractivity contribution in [2.45, 2.75) is 31.3 Å². The van der Waals surface area contributed by atoms with E-state index in [1.807, 2.05) is 18.2 Å². The molecule has 0 aliphatic heterocycles. The topological polar surface area (TPSA) is 64.0 Å². The van der Waals surface area contributed by atoms with E-state index in [4.69, 9.17) is 0 Å². The molecule has 0 amide bonds. The molecule has 5 nitrogen and oxygen atoms in total. The van der Waals surface area contributed by atoms with Gasteiger partial charge in [0.25, 0.3) is 0 Å². The minimum Gasteiger partial charge on any atom is -0.239 e. The van der Waals surface area contributed by atoms with Crippen molar-refractivity contribution in [3.63, 3.8) is 0 Å². The minimum atomic E-state index is -3.94. The highest BCUT2D eigenvalue weighted by molar-refractivity contribution is 7.89. The normalized spacial score (nSPS) is 13.3. The van der Waals surface area contributed by atoms with Gasteiger partial charge in [-0.25, -0.2) is 17.8 Å². The second-order valence-electron chi connectivity index (χ2n) is 4.37. The van der Waals surface area contributed by atoms with Crippen molar-refractivity contribution in [2.24, 2.45) is 0 Å². The van der Waals surface area contributed by atoms with E-state index in [9.17, 15) is 12.8 Å². The van der Waals surface area contributed by atoms with Crippen LogP contribution in [0.2, 0.25) is 0 Å². The number of benzene rings is 1. The largest absolute Gasteiger partial charge is 0.247 e. The summed E-state index contributed by atoms with van der Waals surface area (Å²) in [6, 6.07) is 8.63. The standard InChI is InChI=1S/C13H16FN3O2S/c1-3-17-13(14)12(9-15-17)20(18,19)16-10(2)11-7-5-4-6-8-11/h4-10,16H,3H2,1-2H3/t10-/m1/s1. The first-order valence-electron chi connectivity index (χ1n) is 6.24. The summed E-state index contributed by atoms with van der Waals surface area (Å²) in [5.74, 6) is -0.847. The molecule has 1 aromatic heterocycles. The highest BCUT2D eigenvalue weighted by Gasteiger charge is 2.25. The molecule has 2 aromatic rings. The number of aryl methyl sites for hydroxylation is 1. The van der Waals surface area contributed by atoms with Crippen molar-refractivity contribution >= 4 is 10.0 Å². The average Bonchev–Trinajstić information content (AvgIpc) is 2.81. The predicted octanol–water partition coefficient (Wildman–Crippen LogP) is 2.08. The molecule has 7 heteroatoms. The van der Waals surface area contributed by atoms with Crippen LogP contribution in [0.4, 0.5) is 4.39 Å². The van der Waals surface area contributed by atoms with E-state index in [0.29, 0.717) is 0 Å². The third-order valence-electron chi connectivity index (χ3n) is 2.96. The maximum absolute atomic E-state index is 13.9. The summed E-state index contributed by atoms with van der Waals surface area (Å²) in [6.07, 6.45) is 1.03. The van der Waals surface area contributed by atoms with Crippen molar-refractivity contribution in [2.75, 3.05) is 0 Å². The Kier molecular flexibility index (Phi) is 4.20. The number of sulfonamides is 1. The zero-order chi connectivity index (χ0) is 14.8. The molecule has 1 N–H and O–H groups in total. The Bertz CT molecular complexity index is 683. The fraction of sp³-hybridized carbons (Fsp3) is 0.308. The van der Waals surface area contributed by atoms with E-state index >= 15 is 0 Å². The fourth-order valence-corrected chi connectivity index (χ4v) is 3.10. The summed E-state index contributed by atoms with van der Waals surface area (Å²) in [5.41, 5.74) is 0.805. The van der Waals surface area contributed by atoms with Gasteiger partial charge < -0.3 is 0 Å². The van der Waals surface area contributed by atoms with Gasteiger partial charge in [-0.15, -0.1) is 0 Å². The highest BCUT2D eigenvalue weighted by atomic mass is 32.2. The Morgan fingerprint density at radius 2 is 2.00 bits per heavy atom. The number of aromatic nitrogens is 2. The lowest BCUT2D eigenvalue weighted by Crippen LogP contribution is -2.27. The average molecular weight is 297 g/mol. The quantitative estimate of drug-likeness (QED) is 0.919. The van der Waals surface area contributed by atoms with Crippen LogP contribution in [-0.2, 0) is 16.6 Å². The molecule has 0 saturated carbocycles. The van der Waals surface area contributed by atoms with Gasteiger partial charge in [0.05, 0.1) is 6.20 Å². The smallest absolute Gasteiger partial charge is 0.239 e. The summed E-state index contributed by atoms with van der Waals surface area (Å²) in [7, 11) is -3.94. The van der Waals surface area contributed by atoms with Crippen LogP contribution in [0.1, 0.15) is 25.5 Å². The molecule has 20 heavy (non-hydrogen) atoms. The van der Waals surface area contributed by atoms with E-state index in [2.05, 4.69) is 9.82 Å². The van der Waals surface area contributed by atoms with Gasteiger partial charge >= 0.3 is 0 Å². The lowest BCUT2D eigenvalue weighted by Gasteiger charge is -2.13. The van der Waals surface area contributed by atoms with E-state index in [1.165, 1.54) is 0 Å². The van der Waals surface area contributed by atoms with Crippen LogP contribution >= 0.6 is 0 Å². The second kappa shape index (κ2) is 5.72. The first-order valence-corrected chi connectivity index (χ1v) is 7.72. The molecule has 0 aliphatic rings.